The van der Waals surface area contributed by atoms with Crippen LogP contribution in [0.5, 0.6) is 5.75 Å². The number of nitrogens with two attached hydrogens (primary N) is 2. The summed E-state index contributed by atoms with van der Waals surface area (Å²) < 4.78 is 25.5. The molecule has 0 aliphatic rings. The SMILES string of the molecule is Cl.NC[C@H](N)c1c(O)cc(F)cc1F. The van der Waals surface area contributed by atoms with Crippen LogP contribution < -0.4 is 11.5 Å². The molecule has 0 spiro atoms. The highest BCUT2D eigenvalue weighted by Gasteiger charge is 2.16. The van der Waals surface area contributed by atoms with Gasteiger partial charge in [0.1, 0.15) is 17.4 Å². The molecule has 0 saturated carbocycles. The normalized spacial score (nSPS) is 12.0. The van der Waals surface area contributed by atoms with Crippen LogP contribution in [0.2, 0.25) is 0 Å². The summed E-state index contributed by atoms with van der Waals surface area (Å²) in [6.45, 7) is -0.0177. The van der Waals surface area contributed by atoms with Crippen LogP contribution in [0.3, 0.4) is 0 Å². The number of aromatic hydroxyl groups is 1. The second-order valence-corrected chi connectivity index (χ2v) is 2.66. The van der Waals surface area contributed by atoms with Gasteiger partial charge in [0.2, 0.25) is 0 Å². The average molecular weight is 225 g/mol. The number of benzene rings is 1. The predicted molar refractivity (Wildman–Crippen MR) is 51.3 cm³/mol. The molecule has 1 aromatic carbocycles. The van der Waals surface area contributed by atoms with E-state index in [2.05, 4.69) is 0 Å². The van der Waals surface area contributed by atoms with E-state index in [9.17, 15) is 8.78 Å². The second kappa shape index (κ2) is 5.09. The average Bonchev–Trinajstić information content (AvgIpc) is 2.02. The van der Waals surface area contributed by atoms with Crippen LogP contribution in [0, 0.1) is 11.6 Å². The van der Waals surface area contributed by atoms with E-state index in [0.29, 0.717) is 6.07 Å². The van der Waals surface area contributed by atoms with E-state index in [4.69, 9.17) is 16.6 Å². The molecule has 0 unspecified atom stereocenters. The Morgan fingerprint density at radius 1 is 1.36 bits per heavy atom. The van der Waals surface area contributed by atoms with Crippen LogP contribution in [0.1, 0.15) is 11.6 Å². The smallest absolute Gasteiger partial charge is 0.134 e. The highest BCUT2D eigenvalue weighted by Crippen LogP contribution is 2.26. The van der Waals surface area contributed by atoms with Crippen LogP contribution in [0.4, 0.5) is 8.78 Å². The predicted octanol–water partition coefficient (Wildman–Crippen LogP) is 1.05. The van der Waals surface area contributed by atoms with Crippen LogP contribution in [0.25, 0.3) is 0 Å². The molecule has 0 bridgehead atoms. The van der Waals surface area contributed by atoms with Crippen molar-refractivity contribution < 1.29 is 13.9 Å². The lowest BCUT2D eigenvalue weighted by Gasteiger charge is -2.11. The molecule has 0 fully saturated rings. The van der Waals surface area contributed by atoms with Gasteiger partial charge in [-0.25, -0.2) is 8.78 Å². The van der Waals surface area contributed by atoms with Crippen molar-refractivity contribution >= 4 is 12.4 Å². The molecule has 0 aliphatic heterocycles. The number of rotatable bonds is 2. The van der Waals surface area contributed by atoms with Gasteiger partial charge < -0.3 is 16.6 Å². The summed E-state index contributed by atoms with van der Waals surface area (Å²) in [4.78, 5) is 0. The lowest BCUT2D eigenvalue weighted by atomic mass is 10.1. The van der Waals surface area contributed by atoms with Crippen molar-refractivity contribution in [3.05, 3.63) is 29.3 Å². The molecule has 0 heterocycles. The number of halogens is 3. The minimum Gasteiger partial charge on any atom is -0.507 e. The van der Waals surface area contributed by atoms with Gasteiger partial charge in [0.15, 0.2) is 0 Å². The Morgan fingerprint density at radius 3 is 2.36 bits per heavy atom. The monoisotopic (exact) mass is 224 g/mol. The summed E-state index contributed by atoms with van der Waals surface area (Å²) in [5.74, 6) is -2.23. The molecule has 1 rings (SSSR count). The zero-order valence-electron chi connectivity index (χ0n) is 7.21. The zero-order valence-corrected chi connectivity index (χ0v) is 8.02. The molecule has 6 heteroatoms. The van der Waals surface area contributed by atoms with Gasteiger partial charge >= 0.3 is 0 Å². The van der Waals surface area contributed by atoms with Gasteiger partial charge in [0.25, 0.3) is 0 Å². The molecule has 3 nitrogen and oxygen atoms in total. The van der Waals surface area contributed by atoms with Crippen molar-refractivity contribution in [1.29, 1.82) is 0 Å². The molecule has 0 saturated heterocycles. The Hall–Kier alpha value is -0.910. The summed E-state index contributed by atoms with van der Waals surface area (Å²) in [6, 6.07) is 0.638. The minimum atomic E-state index is -0.879. The van der Waals surface area contributed by atoms with Crippen LogP contribution in [-0.4, -0.2) is 11.7 Å². The maximum Gasteiger partial charge on any atom is 0.134 e. The fourth-order valence-corrected chi connectivity index (χ4v) is 1.06. The fourth-order valence-electron chi connectivity index (χ4n) is 1.06. The lowest BCUT2D eigenvalue weighted by Crippen LogP contribution is -2.22. The summed E-state index contributed by atoms with van der Waals surface area (Å²) in [5.41, 5.74) is 10.4. The summed E-state index contributed by atoms with van der Waals surface area (Å²) in [5, 5.41) is 9.16. The Balaban J connectivity index is 0.00000169. The Labute approximate surface area is 86.1 Å². The Kier molecular flexibility index (Phi) is 4.76. The summed E-state index contributed by atoms with van der Waals surface area (Å²) in [7, 11) is 0. The van der Waals surface area contributed by atoms with Gasteiger partial charge in [-0.1, -0.05) is 0 Å². The number of hydrogen-bond acceptors (Lipinski definition) is 3. The summed E-state index contributed by atoms with van der Waals surface area (Å²) in [6.07, 6.45) is 0. The molecule has 80 valence electrons. The lowest BCUT2D eigenvalue weighted by molar-refractivity contribution is 0.441. The van der Waals surface area contributed by atoms with Crippen LogP contribution in [-0.2, 0) is 0 Å². The van der Waals surface area contributed by atoms with Gasteiger partial charge in [0, 0.05) is 30.3 Å². The Bertz CT molecular complexity index is 299. The van der Waals surface area contributed by atoms with Gasteiger partial charge in [0.05, 0.1) is 0 Å². The van der Waals surface area contributed by atoms with Gasteiger partial charge in [-0.3, -0.25) is 0 Å². The van der Waals surface area contributed by atoms with E-state index in [-0.39, 0.29) is 24.5 Å². The molecular weight excluding hydrogens is 214 g/mol. The zero-order chi connectivity index (χ0) is 10.0. The van der Waals surface area contributed by atoms with Crippen LogP contribution >= 0.6 is 12.4 Å². The summed E-state index contributed by atoms with van der Waals surface area (Å²) >= 11 is 0. The van der Waals surface area contributed by atoms with Crippen molar-refractivity contribution in [1.82, 2.24) is 0 Å². The van der Waals surface area contributed by atoms with E-state index >= 15 is 0 Å². The maximum absolute atomic E-state index is 13.0. The van der Waals surface area contributed by atoms with E-state index in [1.165, 1.54) is 0 Å². The molecule has 14 heavy (non-hydrogen) atoms. The quantitative estimate of drug-likeness (QED) is 0.703. The molecule has 5 N–H and O–H groups in total. The third-order valence-electron chi connectivity index (χ3n) is 1.70. The second-order valence-electron chi connectivity index (χ2n) is 2.66. The third kappa shape index (κ3) is 2.54. The van der Waals surface area contributed by atoms with Crippen LogP contribution in [0.15, 0.2) is 12.1 Å². The third-order valence-corrected chi connectivity index (χ3v) is 1.70. The first-order chi connectivity index (χ1) is 6.06. The fraction of sp³-hybridized carbons (Fsp3) is 0.250. The standard InChI is InChI=1S/C8H10F2N2O.ClH/c9-4-1-5(10)8(6(12)3-11)7(13)2-4;/h1-2,6,13H,3,11-12H2;1H/t6-;/m0./s1. The first kappa shape index (κ1) is 13.1. The van der Waals surface area contributed by atoms with Gasteiger partial charge in [-0.05, 0) is 0 Å². The van der Waals surface area contributed by atoms with Gasteiger partial charge in [-0.2, -0.15) is 0 Å². The number of phenolic OH excluding ortho intramolecular Hbond substituents is 1. The van der Waals surface area contributed by atoms with Crippen molar-refractivity contribution in [3.63, 3.8) is 0 Å². The molecule has 1 atom stereocenters. The Morgan fingerprint density at radius 2 is 1.93 bits per heavy atom. The van der Waals surface area contributed by atoms with E-state index in [0.717, 1.165) is 6.07 Å². The highest BCUT2D eigenvalue weighted by atomic mass is 35.5. The minimum absolute atomic E-state index is 0. The highest BCUT2D eigenvalue weighted by molar-refractivity contribution is 5.85. The van der Waals surface area contributed by atoms with Crippen molar-refractivity contribution in [2.45, 2.75) is 6.04 Å². The molecule has 0 aromatic heterocycles. The first-order valence-electron chi connectivity index (χ1n) is 3.69. The van der Waals surface area contributed by atoms with E-state index < -0.39 is 23.4 Å². The molecular formula is C8H11ClF2N2O. The number of phenols is 1. The van der Waals surface area contributed by atoms with Crippen molar-refractivity contribution in [2.24, 2.45) is 11.5 Å². The van der Waals surface area contributed by atoms with E-state index in [1.807, 2.05) is 0 Å². The molecule has 0 radical (unpaired) electrons. The maximum atomic E-state index is 13.0. The van der Waals surface area contributed by atoms with Gasteiger partial charge in [-0.15, -0.1) is 12.4 Å². The first-order valence-corrected chi connectivity index (χ1v) is 3.69. The number of hydrogen-bond donors (Lipinski definition) is 3. The topological polar surface area (TPSA) is 72.3 Å². The van der Waals surface area contributed by atoms with Crippen molar-refractivity contribution in [3.8, 4) is 5.75 Å². The molecule has 0 amide bonds. The van der Waals surface area contributed by atoms with E-state index in [1.54, 1.807) is 0 Å². The largest absolute Gasteiger partial charge is 0.507 e. The van der Waals surface area contributed by atoms with Crippen molar-refractivity contribution in [2.75, 3.05) is 6.54 Å². The molecule has 0 aliphatic carbocycles. The molecule has 1 aromatic rings.